The topological polar surface area (TPSA) is 80.3 Å². The zero-order chi connectivity index (χ0) is 17.6. The number of thiophene rings is 1. The van der Waals surface area contributed by atoms with E-state index in [1.165, 1.54) is 11.3 Å². The molecule has 2 aromatic heterocycles. The first kappa shape index (κ1) is 17.1. The molecule has 0 aliphatic heterocycles. The molecule has 0 atom stereocenters. The van der Waals surface area contributed by atoms with Gasteiger partial charge in [-0.25, -0.2) is 4.98 Å². The van der Waals surface area contributed by atoms with Crippen LogP contribution in [0.4, 0.5) is 0 Å². The standard InChI is InChI=1S/C17H15N3O3S2/c1-2-23-12-7-5-11(6-8-12)15(21)19-20-16(22)13-10-25-17(18-13)14-4-3-9-24-14/h3-10H,2H2,1H3,(H,19,21)(H,20,22). The molecular formula is C17H15N3O3S2. The van der Waals surface area contributed by atoms with Gasteiger partial charge in [0.15, 0.2) is 0 Å². The number of benzene rings is 1. The van der Waals surface area contributed by atoms with Crippen LogP contribution in [0.25, 0.3) is 9.88 Å². The summed E-state index contributed by atoms with van der Waals surface area (Å²) in [6, 6.07) is 10.5. The normalized spacial score (nSPS) is 10.3. The van der Waals surface area contributed by atoms with Crippen molar-refractivity contribution < 1.29 is 14.3 Å². The summed E-state index contributed by atoms with van der Waals surface area (Å²) in [6.45, 7) is 2.45. The molecule has 2 N–H and O–H groups in total. The number of thiazole rings is 1. The number of carbonyl (C=O) groups excluding carboxylic acids is 2. The van der Waals surface area contributed by atoms with E-state index in [4.69, 9.17) is 4.74 Å². The first-order valence-corrected chi connectivity index (χ1v) is 9.26. The third kappa shape index (κ3) is 4.23. The molecule has 0 aliphatic carbocycles. The molecule has 6 nitrogen and oxygen atoms in total. The highest BCUT2D eigenvalue weighted by Crippen LogP contribution is 2.27. The van der Waals surface area contributed by atoms with Crippen LogP contribution in [-0.2, 0) is 0 Å². The third-order valence-corrected chi connectivity index (χ3v) is 5.07. The van der Waals surface area contributed by atoms with Crippen molar-refractivity contribution in [1.29, 1.82) is 0 Å². The Morgan fingerprint density at radius 2 is 1.84 bits per heavy atom. The van der Waals surface area contributed by atoms with Crippen molar-refractivity contribution in [3.8, 4) is 15.6 Å². The summed E-state index contributed by atoms with van der Waals surface area (Å²) in [4.78, 5) is 29.4. The number of ether oxygens (including phenoxy) is 1. The van der Waals surface area contributed by atoms with E-state index in [0.29, 0.717) is 17.9 Å². The SMILES string of the molecule is CCOc1ccc(C(=O)NNC(=O)c2csc(-c3cccs3)n2)cc1. The van der Waals surface area contributed by atoms with Crippen molar-refractivity contribution in [2.45, 2.75) is 6.92 Å². The van der Waals surface area contributed by atoms with Gasteiger partial charge in [0, 0.05) is 10.9 Å². The third-order valence-electron chi connectivity index (χ3n) is 3.19. The van der Waals surface area contributed by atoms with E-state index in [-0.39, 0.29) is 5.69 Å². The van der Waals surface area contributed by atoms with Gasteiger partial charge in [-0.3, -0.25) is 20.4 Å². The molecule has 3 rings (SSSR count). The van der Waals surface area contributed by atoms with Gasteiger partial charge >= 0.3 is 0 Å². The van der Waals surface area contributed by atoms with Crippen molar-refractivity contribution in [3.05, 3.63) is 58.4 Å². The number of hydrazine groups is 1. The Hall–Kier alpha value is -2.71. The zero-order valence-electron chi connectivity index (χ0n) is 13.3. The predicted octanol–water partition coefficient (Wildman–Crippen LogP) is 3.35. The van der Waals surface area contributed by atoms with Crippen molar-refractivity contribution in [2.24, 2.45) is 0 Å². The number of rotatable bonds is 5. The van der Waals surface area contributed by atoms with Gasteiger partial charge in [0.25, 0.3) is 11.8 Å². The molecule has 0 radical (unpaired) electrons. The van der Waals surface area contributed by atoms with Crippen LogP contribution in [0.2, 0.25) is 0 Å². The molecule has 128 valence electrons. The molecule has 0 saturated carbocycles. The van der Waals surface area contributed by atoms with Gasteiger partial charge in [-0.2, -0.15) is 0 Å². The lowest BCUT2D eigenvalue weighted by atomic mass is 10.2. The first-order chi connectivity index (χ1) is 12.2. The summed E-state index contributed by atoms with van der Waals surface area (Å²) in [7, 11) is 0. The summed E-state index contributed by atoms with van der Waals surface area (Å²) in [5.74, 6) is -0.185. The van der Waals surface area contributed by atoms with Crippen LogP contribution in [-0.4, -0.2) is 23.4 Å². The lowest BCUT2D eigenvalue weighted by molar-refractivity contribution is 0.0844. The minimum absolute atomic E-state index is 0.264. The number of hydrogen-bond donors (Lipinski definition) is 2. The van der Waals surface area contributed by atoms with Gasteiger partial charge in [-0.15, -0.1) is 22.7 Å². The Morgan fingerprint density at radius 3 is 2.52 bits per heavy atom. The van der Waals surface area contributed by atoms with Crippen LogP contribution < -0.4 is 15.6 Å². The Balaban J connectivity index is 1.57. The number of carbonyl (C=O) groups is 2. The summed E-state index contributed by atoms with van der Waals surface area (Å²) >= 11 is 2.94. The largest absolute Gasteiger partial charge is 0.494 e. The van der Waals surface area contributed by atoms with Crippen molar-refractivity contribution in [3.63, 3.8) is 0 Å². The fraction of sp³-hybridized carbons (Fsp3) is 0.118. The lowest BCUT2D eigenvalue weighted by Crippen LogP contribution is -2.41. The van der Waals surface area contributed by atoms with E-state index >= 15 is 0 Å². The minimum atomic E-state index is -0.460. The Bertz CT molecular complexity index is 858. The van der Waals surface area contributed by atoms with Crippen LogP contribution in [0.3, 0.4) is 0 Å². The maximum absolute atomic E-state index is 12.1. The van der Waals surface area contributed by atoms with Gasteiger partial charge in [0.1, 0.15) is 16.5 Å². The smallest absolute Gasteiger partial charge is 0.289 e. The van der Waals surface area contributed by atoms with Gasteiger partial charge in [0.2, 0.25) is 0 Å². The van der Waals surface area contributed by atoms with Crippen LogP contribution in [0.5, 0.6) is 5.75 Å². The van der Waals surface area contributed by atoms with E-state index in [1.807, 2.05) is 24.4 Å². The highest BCUT2D eigenvalue weighted by molar-refractivity contribution is 7.20. The second kappa shape index (κ2) is 7.91. The van der Waals surface area contributed by atoms with Gasteiger partial charge in [-0.05, 0) is 42.6 Å². The average molecular weight is 373 g/mol. The Labute approximate surface area is 152 Å². The maximum atomic E-state index is 12.1. The zero-order valence-corrected chi connectivity index (χ0v) is 14.9. The van der Waals surface area contributed by atoms with Crippen molar-refractivity contribution in [2.75, 3.05) is 6.61 Å². The molecule has 0 aliphatic rings. The van der Waals surface area contributed by atoms with E-state index in [1.54, 1.807) is 41.0 Å². The summed E-state index contributed by atoms with van der Waals surface area (Å²) < 4.78 is 5.32. The first-order valence-electron chi connectivity index (χ1n) is 7.50. The van der Waals surface area contributed by atoms with Crippen molar-refractivity contribution >= 4 is 34.5 Å². The number of amides is 2. The molecule has 0 saturated heterocycles. The van der Waals surface area contributed by atoms with Gasteiger partial charge in [0.05, 0.1) is 11.5 Å². The second-order valence-corrected chi connectivity index (χ2v) is 6.69. The molecule has 3 aromatic rings. The predicted molar refractivity (Wildman–Crippen MR) is 98.0 cm³/mol. The van der Waals surface area contributed by atoms with Crippen molar-refractivity contribution in [1.82, 2.24) is 15.8 Å². The Kier molecular flexibility index (Phi) is 5.42. The van der Waals surface area contributed by atoms with E-state index in [0.717, 1.165) is 9.88 Å². The van der Waals surface area contributed by atoms with Gasteiger partial charge in [-0.1, -0.05) is 6.07 Å². The molecule has 8 heteroatoms. The number of nitrogens with zero attached hydrogens (tertiary/aromatic N) is 1. The summed E-state index contributed by atoms with van der Waals surface area (Å²) in [5.41, 5.74) is 5.44. The molecule has 0 spiro atoms. The van der Waals surface area contributed by atoms with E-state index in [2.05, 4.69) is 15.8 Å². The fourth-order valence-corrected chi connectivity index (χ4v) is 3.62. The van der Waals surface area contributed by atoms with Crippen LogP contribution in [0.1, 0.15) is 27.8 Å². The van der Waals surface area contributed by atoms with E-state index in [9.17, 15) is 9.59 Å². The van der Waals surface area contributed by atoms with Gasteiger partial charge < -0.3 is 4.74 Å². The molecule has 0 bridgehead atoms. The quantitative estimate of drug-likeness (QED) is 0.672. The summed E-state index contributed by atoms with van der Waals surface area (Å²) in [5, 5.41) is 4.39. The fourth-order valence-electron chi connectivity index (χ4n) is 2.01. The monoisotopic (exact) mass is 373 g/mol. The molecule has 0 fully saturated rings. The van der Waals surface area contributed by atoms with Crippen LogP contribution in [0.15, 0.2) is 47.2 Å². The highest BCUT2D eigenvalue weighted by Gasteiger charge is 2.13. The van der Waals surface area contributed by atoms with Crippen LogP contribution in [0, 0.1) is 0 Å². The summed E-state index contributed by atoms with van der Waals surface area (Å²) in [6.07, 6.45) is 0. The minimum Gasteiger partial charge on any atom is -0.494 e. The second-order valence-electron chi connectivity index (χ2n) is 4.88. The van der Waals surface area contributed by atoms with E-state index < -0.39 is 11.8 Å². The molecule has 1 aromatic carbocycles. The lowest BCUT2D eigenvalue weighted by Gasteiger charge is -2.07. The average Bonchev–Trinajstić information content (AvgIpc) is 3.31. The Morgan fingerprint density at radius 1 is 1.08 bits per heavy atom. The highest BCUT2D eigenvalue weighted by atomic mass is 32.1. The molecule has 2 amide bonds. The maximum Gasteiger partial charge on any atom is 0.289 e. The number of nitrogens with one attached hydrogen (secondary N) is 2. The molecular weight excluding hydrogens is 358 g/mol. The number of hydrogen-bond acceptors (Lipinski definition) is 6. The molecule has 25 heavy (non-hydrogen) atoms. The van der Waals surface area contributed by atoms with Crippen LogP contribution >= 0.6 is 22.7 Å². The molecule has 0 unspecified atom stereocenters. The molecule has 2 heterocycles. The number of aromatic nitrogens is 1.